The number of hydrogen-bond donors (Lipinski definition) is 0. The topological polar surface area (TPSA) is 66.9 Å². The lowest BCUT2D eigenvalue weighted by molar-refractivity contribution is 0.0526. The number of benzene rings is 2. The second kappa shape index (κ2) is 8.61. The Morgan fingerprint density at radius 1 is 1.00 bits per heavy atom. The van der Waals surface area contributed by atoms with Gasteiger partial charge in [-0.3, -0.25) is 4.98 Å². The van der Waals surface area contributed by atoms with E-state index < -0.39 is 0 Å². The highest BCUT2D eigenvalue weighted by Crippen LogP contribution is 2.42. The number of carbonyl (C=O) groups excluding carboxylic acids is 1. The van der Waals surface area contributed by atoms with Crippen LogP contribution in [0.15, 0.2) is 36.4 Å². The SMILES string of the molecule is CCOC(=O)c1ccc(Oc2c3c(nc4cc(OC)c(OC)cc24)CCCC3)cc1. The van der Waals surface area contributed by atoms with E-state index in [0.717, 1.165) is 53.6 Å². The Hall–Kier alpha value is -3.28. The van der Waals surface area contributed by atoms with Crippen LogP contribution >= 0.6 is 0 Å². The molecule has 0 bridgehead atoms. The van der Waals surface area contributed by atoms with Gasteiger partial charge in [-0.15, -0.1) is 0 Å². The number of hydrogen-bond acceptors (Lipinski definition) is 6. The summed E-state index contributed by atoms with van der Waals surface area (Å²) in [5.41, 5.74) is 3.51. The number of esters is 1. The van der Waals surface area contributed by atoms with E-state index >= 15 is 0 Å². The molecule has 0 amide bonds. The molecule has 0 saturated carbocycles. The molecule has 30 heavy (non-hydrogen) atoms. The van der Waals surface area contributed by atoms with Crippen molar-refractivity contribution in [2.75, 3.05) is 20.8 Å². The van der Waals surface area contributed by atoms with E-state index in [1.807, 2.05) is 12.1 Å². The molecular formula is C24H25NO5. The number of carbonyl (C=O) groups is 1. The smallest absolute Gasteiger partial charge is 0.338 e. The van der Waals surface area contributed by atoms with Crippen LogP contribution in [-0.2, 0) is 17.6 Å². The molecule has 4 rings (SSSR count). The van der Waals surface area contributed by atoms with Crippen LogP contribution in [0.5, 0.6) is 23.0 Å². The zero-order valence-electron chi connectivity index (χ0n) is 17.5. The minimum absolute atomic E-state index is 0.340. The van der Waals surface area contributed by atoms with Gasteiger partial charge in [-0.05, 0) is 62.9 Å². The maximum atomic E-state index is 11.9. The molecule has 6 heteroatoms. The average Bonchev–Trinajstić information content (AvgIpc) is 2.78. The van der Waals surface area contributed by atoms with E-state index in [9.17, 15) is 4.79 Å². The van der Waals surface area contributed by atoms with Crippen LogP contribution in [0.3, 0.4) is 0 Å². The van der Waals surface area contributed by atoms with Crippen molar-refractivity contribution in [1.29, 1.82) is 0 Å². The van der Waals surface area contributed by atoms with Gasteiger partial charge in [-0.25, -0.2) is 4.79 Å². The largest absolute Gasteiger partial charge is 0.493 e. The normalized spacial score (nSPS) is 12.9. The number of pyridine rings is 1. The maximum Gasteiger partial charge on any atom is 0.338 e. The first-order chi connectivity index (χ1) is 14.6. The Morgan fingerprint density at radius 2 is 1.70 bits per heavy atom. The Balaban J connectivity index is 1.79. The molecular weight excluding hydrogens is 382 g/mol. The van der Waals surface area contributed by atoms with Crippen LogP contribution < -0.4 is 14.2 Å². The number of rotatable bonds is 6. The second-order valence-corrected chi connectivity index (χ2v) is 7.14. The lowest BCUT2D eigenvalue weighted by Crippen LogP contribution is -2.08. The van der Waals surface area contributed by atoms with Crippen LogP contribution in [-0.4, -0.2) is 31.8 Å². The summed E-state index contributed by atoms with van der Waals surface area (Å²) < 4.78 is 22.4. The molecule has 0 atom stereocenters. The molecule has 156 valence electrons. The molecule has 1 aliphatic rings. The van der Waals surface area contributed by atoms with E-state index in [1.165, 1.54) is 0 Å². The lowest BCUT2D eigenvalue weighted by atomic mass is 9.93. The van der Waals surface area contributed by atoms with Gasteiger partial charge in [0.05, 0.1) is 31.9 Å². The van der Waals surface area contributed by atoms with Crippen molar-refractivity contribution in [3.05, 3.63) is 53.2 Å². The molecule has 0 unspecified atom stereocenters. The molecule has 0 spiro atoms. The number of aromatic nitrogens is 1. The Morgan fingerprint density at radius 3 is 2.40 bits per heavy atom. The van der Waals surface area contributed by atoms with Crippen LogP contribution in [0, 0.1) is 0 Å². The number of methoxy groups -OCH3 is 2. The molecule has 6 nitrogen and oxygen atoms in total. The first kappa shape index (κ1) is 20.0. The highest BCUT2D eigenvalue weighted by molar-refractivity contribution is 5.91. The van der Waals surface area contributed by atoms with Crippen molar-refractivity contribution in [2.24, 2.45) is 0 Å². The minimum Gasteiger partial charge on any atom is -0.493 e. The lowest BCUT2D eigenvalue weighted by Gasteiger charge is -2.21. The second-order valence-electron chi connectivity index (χ2n) is 7.14. The highest BCUT2D eigenvalue weighted by Gasteiger charge is 2.22. The predicted octanol–water partition coefficient (Wildman–Crippen LogP) is 5.10. The van der Waals surface area contributed by atoms with Gasteiger partial charge in [0, 0.05) is 22.7 Å². The van der Waals surface area contributed by atoms with E-state index in [1.54, 1.807) is 45.4 Å². The summed E-state index contributed by atoms with van der Waals surface area (Å²) in [6.45, 7) is 2.13. The third-order valence-corrected chi connectivity index (χ3v) is 5.30. The van der Waals surface area contributed by atoms with Gasteiger partial charge in [0.1, 0.15) is 11.5 Å². The summed E-state index contributed by atoms with van der Waals surface area (Å²) >= 11 is 0. The minimum atomic E-state index is -0.340. The van der Waals surface area contributed by atoms with Gasteiger partial charge in [0.2, 0.25) is 0 Å². The van der Waals surface area contributed by atoms with Gasteiger partial charge in [0.15, 0.2) is 11.5 Å². The van der Waals surface area contributed by atoms with Crippen LogP contribution in [0.2, 0.25) is 0 Å². The highest BCUT2D eigenvalue weighted by atomic mass is 16.5. The van der Waals surface area contributed by atoms with E-state index in [4.69, 9.17) is 23.9 Å². The molecule has 0 saturated heterocycles. The molecule has 0 fully saturated rings. The fourth-order valence-electron chi connectivity index (χ4n) is 3.82. The number of fused-ring (bicyclic) bond motifs is 2. The fraction of sp³-hybridized carbons (Fsp3) is 0.333. The predicted molar refractivity (Wildman–Crippen MR) is 114 cm³/mol. The molecule has 1 heterocycles. The Kier molecular flexibility index (Phi) is 5.74. The molecule has 1 aliphatic carbocycles. The van der Waals surface area contributed by atoms with E-state index in [0.29, 0.717) is 29.4 Å². The van der Waals surface area contributed by atoms with E-state index in [-0.39, 0.29) is 5.97 Å². The van der Waals surface area contributed by atoms with E-state index in [2.05, 4.69) is 0 Å². The molecule has 0 radical (unpaired) electrons. The molecule has 2 aromatic carbocycles. The Bertz CT molecular complexity index is 1070. The molecule has 0 aliphatic heterocycles. The zero-order chi connectivity index (χ0) is 21.1. The van der Waals surface area contributed by atoms with Crippen molar-refractivity contribution >= 4 is 16.9 Å². The third-order valence-electron chi connectivity index (χ3n) is 5.30. The van der Waals surface area contributed by atoms with Crippen molar-refractivity contribution in [3.63, 3.8) is 0 Å². The first-order valence-electron chi connectivity index (χ1n) is 10.2. The van der Waals surface area contributed by atoms with Gasteiger partial charge in [-0.1, -0.05) is 0 Å². The number of ether oxygens (including phenoxy) is 4. The monoisotopic (exact) mass is 407 g/mol. The van der Waals surface area contributed by atoms with Gasteiger partial charge >= 0.3 is 5.97 Å². The van der Waals surface area contributed by atoms with Crippen LogP contribution in [0.1, 0.15) is 41.4 Å². The summed E-state index contributed by atoms with van der Waals surface area (Å²) in [6, 6.07) is 10.8. The first-order valence-corrected chi connectivity index (χ1v) is 10.2. The summed E-state index contributed by atoms with van der Waals surface area (Å²) in [6.07, 6.45) is 4.07. The van der Waals surface area contributed by atoms with Gasteiger partial charge in [0.25, 0.3) is 0 Å². The quantitative estimate of drug-likeness (QED) is 0.530. The average molecular weight is 407 g/mol. The molecule has 1 aromatic heterocycles. The Labute approximate surface area is 175 Å². The van der Waals surface area contributed by atoms with Crippen molar-refractivity contribution in [3.8, 4) is 23.0 Å². The summed E-state index contributed by atoms with van der Waals surface area (Å²) in [5, 5.41) is 0.878. The van der Waals surface area contributed by atoms with Gasteiger partial charge < -0.3 is 18.9 Å². The zero-order valence-corrected chi connectivity index (χ0v) is 17.5. The molecule has 0 N–H and O–H groups in total. The summed E-state index contributed by atoms with van der Waals surface area (Å²) in [4.78, 5) is 16.8. The standard InChI is InChI=1S/C24H25NO5/c1-4-29-24(26)15-9-11-16(12-10-15)30-23-17-7-5-6-8-19(17)25-20-14-22(28-3)21(27-2)13-18(20)23/h9-14H,4-8H2,1-3H3. The van der Waals surface area contributed by atoms with Crippen molar-refractivity contribution in [1.82, 2.24) is 4.98 Å². The van der Waals surface area contributed by atoms with Gasteiger partial charge in [-0.2, -0.15) is 0 Å². The summed E-state index contributed by atoms with van der Waals surface area (Å²) in [5.74, 6) is 2.37. The van der Waals surface area contributed by atoms with Crippen LogP contribution in [0.4, 0.5) is 0 Å². The van der Waals surface area contributed by atoms with Crippen molar-refractivity contribution in [2.45, 2.75) is 32.6 Å². The number of aryl methyl sites for hydroxylation is 1. The van der Waals surface area contributed by atoms with Crippen molar-refractivity contribution < 1.29 is 23.7 Å². The maximum absolute atomic E-state index is 11.9. The van der Waals surface area contributed by atoms with Crippen LogP contribution in [0.25, 0.3) is 10.9 Å². The fourth-order valence-corrected chi connectivity index (χ4v) is 3.82. The number of nitrogens with zero attached hydrogens (tertiary/aromatic N) is 1. The summed E-state index contributed by atoms with van der Waals surface area (Å²) in [7, 11) is 3.23. The third kappa shape index (κ3) is 3.77. The molecule has 3 aromatic rings.